The lowest BCUT2D eigenvalue weighted by Gasteiger charge is -2.20. The van der Waals surface area contributed by atoms with E-state index in [-0.39, 0.29) is 17.7 Å². The fourth-order valence-electron chi connectivity index (χ4n) is 2.35. The minimum atomic E-state index is -0.605. The maximum absolute atomic E-state index is 12.5. The molecular formula is C19H22ClN3O2. The number of benzene rings is 1. The van der Waals surface area contributed by atoms with Gasteiger partial charge in [-0.1, -0.05) is 31.5 Å². The Morgan fingerprint density at radius 3 is 2.44 bits per heavy atom. The van der Waals surface area contributed by atoms with Crippen LogP contribution in [-0.4, -0.2) is 22.8 Å². The number of pyridine rings is 1. The van der Waals surface area contributed by atoms with E-state index in [4.69, 9.17) is 11.6 Å². The Morgan fingerprint density at radius 2 is 1.84 bits per heavy atom. The molecule has 0 bridgehead atoms. The second kappa shape index (κ2) is 9.18. The third-order valence-corrected chi connectivity index (χ3v) is 3.86. The van der Waals surface area contributed by atoms with Gasteiger partial charge in [0, 0.05) is 16.8 Å². The van der Waals surface area contributed by atoms with Crippen LogP contribution in [-0.2, 0) is 11.3 Å². The number of hydrogen-bond donors (Lipinski definition) is 2. The van der Waals surface area contributed by atoms with Crippen molar-refractivity contribution in [3.8, 4) is 0 Å². The van der Waals surface area contributed by atoms with Crippen LogP contribution in [0, 0.1) is 5.92 Å². The molecule has 2 rings (SSSR count). The predicted octanol–water partition coefficient (Wildman–Crippen LogP) is 3.20. The number of aromatic nitrogens is 1. The summed E-state index contributed by atoms with van der Waals surface area (Å²) in [6, 6.07) is 11.5. The first-order valence-electron chi connectivity index (χ1n) is 8.19. The van der Waals surface area contributed by atoms with Gasteiger partial charge >= 0.3 is 0 Å². The van der Waals surface area contributed by atoms with Gasteiger partial charge in [0.05, 0.1) is 12.2 Å². The number of nitrogens with one attached hydrogen (secondary N) is 2. The van der Waals surface area contributed by atoms with Gasteiger partial charge in [0.1, 0.15) is 6.04 Å². The minimum Gasteiger partial charge on any atom is -0.349 e. The molecule has 0 spiro atoms. The van der Waals surface area contributed by atoms with Crippen LogP contribution < -0.4 is 10.6 Å². The monoisotopic (exact) mass is 359 g/mol. The second-order valence-corrected chi connectivity index (χ2v) is 6.64. The molecule has 1 heterocycles. The van der Waals surface area contributed by atoms with Crippen molar-refractivity contribution in [3.63, 3.8) is 0 Å². The number of carbonyl (C=O) groups is 2. The van der Waals surface area contributed by atoms with Crippen LogP contribution >= 0.6 is 11.6 Å². The van der Waals surface area contributed by atoms with Crippen LogP contribution in [0.2, 0.25) is 5.02 Å². The maximum Gasteiger partial charge on any atom is 0.251 e. The van der Waals surface area contributed by atoms with E-state index in [1.54, 1.807) is 30.5 Å². The van der Waals surface area contributed by atoms with Gasteiger partial charge in [-0.05, 0) is 48.7 Å². The molecule has 0 saturated carbocycles. The summed E-state index contributed by atoms with van der Waals surface area (Å²) < 4.78 is 0. The molecule has 0 aliphatic heterocycles. The van der Waals surface area contributed by atoms with Gasteiger partial charge in [-0.25, -0.2) is 0 Å². The van der Waals surface area contributed by atoms with Crippen molar-refractivity contribution in [2.45, 2.75) is 32.9 Å². The highest BCUT2D eigenvalue weighted by molar-refractivity contribution is 6.30. The molecule has 0 saturated heterocycles. The molecule has 1 unspecified atom stereocenters. The summed E-state index contributed by atoms with van der Waals surface area (Å²) in [5.74, 6) is -0.256. The summed E-state index contributed by atoms with van der Waals surface area (Å²) >= 11 is 5.84. The summed E-state index contributed by atoms with van der Waals surface area (Å²) in [4.78, 5) is 29.1. The first kappa shape index (κ1) is 18.9. The molecule has 1 aromatic heterocycles. The first-order valence-corrected chi connectivity index (χ1v) is 8.57. The highest BCUT2D eigenvalue weighted by Gasteiger charge is 2.22. The highest BCUT2D eigenvalue weighted by atomic mass is 35.5. The van der Waals surface area contributed by atoms with Gasteiger partial charge in [-0.15, -0.1) is 0 Å². The number of carbonyl (C=O) groups excluding carboxylic acids is 2. The number of hydrogen-bond acceptors (Lipinski definition) is 3. The zero-order chi connectivity index (χ0) is 18.2. The molecule has 0 radical (unpaired) electrons. The lowest BCUT2D eigenvalue weighted by Crippen LogP contribution is -2.47. The molecule has 0 aliphatic carbocycles. The van der Waals surface area contributed by atoms with Gasteiger partial charge in [-0.2, -0.15) is 0 Å². The molecule has 0 aliphatic rings. The number of halogens is 1. The first-order chi connectivity index (χ1) is 12.0. The fraction of sp³-hybridized carbons (Fsp3) is 0.316. The molecule has 25 heavy (non-hydrogen) atoms. The lowest BCUT2D eigenvalue weighted by atomic mass is 10.0. The topological polar surface area (TPSA) is 71.1 Å². The van der Waals surface area contributed by atoms with Gasteiger partial charge in [0.25, 0.3) is 5.91 Å². The summed E-state index contributed by atoms with van der Waals surface area (Å²) in [5, 5.41) is 6.20. The molecule has 2 N–H and O–H groups in total. The quantitative estimate of drug-likeness (QED) is 0.797. The van der Waals surface area contributed by atoms with Crippen molar-refractivity contribution >= 4 is 23.4 Å². The second-order valence-electron chi connectivity index (χ2n) is 6.20. The molecular weight excluding hydrogens is 338 g/mol. The van der Waals surface area contributed by atoms with Crippen molar-refractivity contribution in [1.82, 2.24) is 15.6 Å². The van der Waals surface area contributed by atoms with Gasteiger partial charge in [0.15, 0.2) is 0 Å². The van der Waals surface area contributed by atoms with Crippen LogP contribution in [0.25, 0.3) is 0 Å². The number of nitrogens with zero attached hydrogens (tertiary/aromatic N) is 1. The Balaban J connectivity index is 2.00. The van der Waals surface area contributed by atoms with Crippen LogP contribution in [0.1, 0.15) is 36.3 Å². The molecule has 0 fully saturated rings. The predicted molar refractivity (Wildman–Crippen MR) is 98.2 cm³/mol. The average Bonchev–Trinajstić information content (AvgIpc) is 2.60. The van der Waals surface area contributed by atoms with E-state index in [0.717, 1.165) is 5.69 Å². The van der Waals surface area contributed by atoms with E-state index in [9.17, 15) is 9.59 Å². The highest BCUT2D eigenvalue weighted by Crippen LogP contribution is 2.11. The summed E-state index contributed by atoms with van der Waals surface area (Å²) in [5.41, 5.74) is 1.24. The molecule has 2 amide bonds. The van der Waals surface area contributed by atoms with Crippen molar-refractivity contribution in [2.24, 2.45) is 5.92 Å². The van der Waals surface area contributed by atoms with Crippen molar-refractivity contribution in [3.05, 3.63) is 64.9 Å². The van der Waals surface area contributed by atoms with Crippen LogP contribution in [0.15, 0.2) is 48.7 Å². The maximum atomic E-state index is 12.5. The minimum absolute atomic E-state index is 0.221. The zero-order valence-corrected chi connectivity index (χ0v) is 15.1. The van der Waals surface area contributed by atoms with E-state index in [1.807, 2.05) is 32.0 Å². The largest absolute Gasteiger partial charge is 0.349 e. The number of amides is 2. The van der Waals surface area contributed by atoms with E-state index in [1.165, 1.54) is 0 Å². The van der Waals surface area contributed by atoms with Gasteiger partial charge < -0.3 is 10.6 Å². The van der Waals surface area contributed by atoms with Crippen LogP contribution in [0.5, 0.6) is 0 Å². The Morgan fingerprint density at radius 1 is 1.12 bits per heavy atom. The van der Waals surface area contributed by atoms with Crippen LogP contribution in [0.4, 0.5) is 0 Å². The molecule has 1 atom stereocenters. The SMILES string of the molecule is CC(C)CC(NC(=O)c1ccc(Cl)cc1)C(=O)NCc1ccccn1. The smallest absolute Gasteiger partial charge is 0.251 e. The molecule has 132 valence electrons. The molecule has 6 heteroatoms. The molecule has 5 nitrogen and oxygen atoms in total. The normalized spacial score (nSPS) is 11.8. The molecule has 1 aromatic carbocycles. The van der Waals surface area contributed by atoms with Gasteiger partial charge in [0.2, 0.25) is 5.91 Å². The van der Waals surface area contributed by atoms with Crippen molar-refractivity contribution in [2.75, 3.05) is 0 Å². The average molecular weight is 360 g/mol. The van der Waals surface area contributed by atoms with Crippen LogP contribution in [0.3, 0.4) is 0 Å². The Kier molecular flexibility index (Phi) is 6.95. The van der Waals surface area contributed by atoms with Gasteiger partial charge in [-0.3, -0.25) is 14.6 Å². The molecule has 2 aromatic rings. The van der Waals surface area contributed by atoms with Crippen molar-refractivity contribution in [1.29, 1.82) is 0 Å². The summed E-state index contributed by atoms with van der Waals surface area (Å²) in [6.07, 6.45) is 2.22. The Hall–Kier alpha value is -2.40. The van der Waals surface area contributed by atoms with Crippen molar-refractivity contribution < 1.29 is 9.59 Å². The fourth-order valence-corrected chi connectivity index (χ4v) is 2.48. The van der Waals surface area contributed by atoms with E-state index < -0.39 is 6.04 Å². The number of rotatable bonds is 7. The standard InChI is InChI=1S/C19H22ClN3O2/c1-13(2)11-17(19(25)22-12-16-5-3-4-10-21-16)23-18(24)14-6-8-15(20)9-7-14/h3-10,13,17H,11-12H2,1-2H3,(H,22,25)(H,23,24). The summed E-state index contributed by atoms with van der Waals surface area (Å²) in [7, 11) is 0. The van der Waals surface area contributed by atoms with E-state index in [2.05, 4.69) is 15.6 Å². The van der Waals surface area contributed by atoms with E-state index >= 15 is 0 Å². The lowest BCUT2D eigenvalue weighted by molar-refractivity contribution is -0.123. The zero-order valence-electron chi connectivity index (χ0n) is 14.3. The third kappa shape index (κ3) is 6.19. The summed E-state index contributed by atoms with van der Waals surface area (Å²) in [6.45, 7) is 4.34. The van der Waals surface area contributed by atoms with E-state index in [0.29, 0.717) is 23.6 Å². The third-order valence-electron chi connectivity index (χ3n) is 3.61. The Labute approximate surface area is 152 Å². The Bertz CT molecular complexity index is 702.